The Bertz CT molecular complexity index is 417. The number of hydrogen-bond donors (Lipinski definition) is 0. The van der Waals surface area contributed by atoms with E-state index in [1.165, 1.54) is 17.9 Å². The van der Waals surface area contributed by atoms with Gasteiger partial charge >= 0.3 is 0 Å². The van der Waals surface area contributed by atoms with Crippen LogP contribution < -0.4 is 4.90 Å². The first-order valence-electron chi connectivity index (χ1n) is 6.52. The summed E-state index contributed by atoms with van der Waals surface area (Å²) in [4.78, 5) is 16.5. The summed E-state index contributed by atoms with van der Waals surface area (Å²) in [7, 11) is 0. The van der Waals surface area contributed by atoms with Crippen molar-refractivity contribution in [3.05, 3.63) is 30.3 Å². The largest absolute Gasteiger partial charge is 0.310 e. The van der Waals surface area contributed by atoms with Crippen molar-refractivity contribution < 1.29 is 4.79 Å². The molecule has 2 saturated heterocycles. The number of piperazine rings is 1. The van der Waals surface area contributed by atoms with Crippen LogP contribution in [0.25, 0.3) is 0 Å². The average molecular weight is 262 g/mol. The van der Waals surface area contributed by atoms with Crippen LogP contribution >= 0.6 is 11.8 Å². The van der Waals surface area contributed by atoms with E-state index >= 15 is 0 Å². The predicted octanol–water partition coefficient (Wildman–Crippen LogP) is 1.84. The van der Waals surface area contributed by atoms with Gasteiger partial charge in [-0.15, -0.1) is 0 Å². The number of para-hydroxylation sites is 1. The molecule has 3 rings (SSSR count). The molecule has 1 aromatic rings. The first-order chi connectivity index (χ1) is 8.84. The van der Waals surface area contributed by atoms with E-state index in [0.29, 0.717) is 12.6 Å². The Hall–Kier alpha value is -1.00. The van der Waals surface area contributed by atoms with E-state index in [1.807, 2.05) is 47.0 Å². The average Bonchev–Trinajstić information content (AvgIpc) is 2.93. The van der Waals surface area contributed by atoms with Crippen LogP contribution in [0.5, 0.6) is 0 Å². The molecule has 0 radical (unpaired) electrons. The number of nitrogens with zero attached hydrogens (tertiary/aromatic N) is 2. The second-order valence-corrected chi connectivity index (χ2v) is 6.02. The number of benzene rings is 1. The van der Waals surface area contributed by atoms with Crippen LogP contribution in [0, 0.1) is 0 Å². The molecule has 2 aliphatic heterocycles. The summed E-state index contributed by atoms with van der Waals surface area (Å²) in [5.41, 5.74) is 1.03. The monoisotopic (exact) mass is 262 g/mol. The lowest BCUT2D eigenvalue weighted by Gasteiger charge is -2.37. The maximum absolute atomic E-state index is 12.2. The molecular formula is C14H18N2OS. The van der Waals surface area contributed by atoms with Crippen molar-refractivity contribution in [1.29, 1.82) is 0 Å². The highest BCUT2D eigenvalue weighted by Crippen LogP contribution is 2.24. The fourth-order valence-electron chi connectivity index (χ4n) is 2.69. The smallest absolute Gasteiger partial charge is 0.241 e. The van der Waals surface area contributed by atoms with Crippen molar-refractivity contribution in [2.45, 2.75) is 12.5 Å². The molecule has 0 aliphatic carbocycles. The standard InChI is InChI=1S/C14H18N2OS/c17-14-10-15(13-6-9-18-11-13)7-8-16(14)12-4-2-1-3-5-12/h1-5,13H,6-11H2. The molecule has 2 fully saturated rings. The van der Waals surface area contributed by atoms with Crippen LogP contribution in [-0.4, -0.2) is 48.0 Å². The summed E-state index contributed by atoms with van der Waals surface area (Å²) in [5.74, 6) is 2.68. The van der Waals surface area contributed by atoms with E-state index < -0.39 is 0 Å². The van der Waals surface area contributed by atoms with E-state index in [4.69, 9.17) is 0 Å². The van der Waals surface area contributed by atoms with E-state index in [-0.39, 0.29) is 5.91 Å². The Morgan fingerprint density at radius 1 is 1.17 bits per heavy atom. The van der Waals surface area contributed by atoms with Gasteiger partial charge in [0.2, 0.25) is 5.91 Å². The van der Waals surface area contributed by atoms with E-state index in [1.54, 1.807) is 0 Å². The molecule has 96 valence electrons. The zero-order valence-corrected chi connectivity index (χ0v) is 11.2. The van der Waals surface area contributed by atoms with Crippen LogP contribution in [0.2, 0.25) is 0 Å². The lowest BCUT2D eigenvalue weighted by molar-refractivity contribution is -0.121. The maximum Gasteiger partial charge on any atom is 0.241 e. The first kappa shape index (κ1) is 12.1. The number of rotatable bonds is 2. The molecule has 1 unspecified atom stereocenters. The zero-order chi connectivity index (χ0) is 12.4. The van der Waals surface area contributed by atoms with E-state index in [0.717, 1.165) is 18.8 Å². The molecule has 1 aromatic carbocycles. The molecule has 3 nitrogen and oxygen atoms in total. The van der Waals surface area contributed by atoms with Gasteiger partial charge in [0.1, 0.15) is 0 Å². The molecule has 0 bridgehead atoms. The lowest BCUT2D eigenvalue weighted by Crippen LogP contribution is -2.53. The molecule has 2 heterocycles. The predicted molar refractivity (Wildman–Crippen MR) is 76.1 cm³/mol. The third-order valence-corrected chi connectivity index (χ3v) is 4.88. The van der Waals surface area contributed by atoms with E-state index in [2.05, 4.69) is 4.90 Å². The van der Waals surface area contributed by atoms with Crippen molar-refractivity contribution >= 4 is 23.4 Å². The quantitative estimate of drug-likeness (QED) is 0.812. The van der Waals surface area contributed by atoms with Crippen LogP contribution in [0.1, 0.15) is 6.42 Å². The topological polar surface area (TPSA) is 23.6 Å². The number of thioether (sulfide) groups is 1. The third-order valence-electron chi connectivity index (χ3n) is 3.74. The van der Waals surface area contributed by atoms with Gasteiger partial charge in [-0.25, -0.2) is 0 Å². The van der Waals surface area contributed by atoms with Gasteiger partial charge in [0.15, 0.2) is 0 Å². The van der Waals surface area contributed by atoms with Crippen LogP contribution in [0.15, 0.2) is 30.3 Å². The number of anilines is 1. The van der Waals surface area contributed by atoms with Gasteiger partial charge in [-0.1, -0.05) is 18.2 Å². The number of carbonyl (C=O) groups excluding carboxylic acids is 1. The van der Waals surface area contributed by atoms with Gasteiger partial charge in [0.25, 0.3) is 0 Å². The first-order valence-corrected chi connectivity index (χ1v) is 7.67. The van der Waals surface area contributed by atoms with Gasteiger partial charge in [0.05, 0.1) is 6.54 Å². The Kier molecular flexibility index (Phi) is 3.57. The lowest BCUT2D eigenvalue weighted by atomic mass is 10.1. The molecule has 0 saturated carbocycles. The second-order valence-electron chi connectivity index (χ2n) is 4.87. The minimum atomic E-state index is 0.240. The molecule has 4 heteroatoms. The zero-order valence-electron chi connectivity index (χ0n) is 10.4. The van der Waals surface area contributed by atoms with Crippen LogP contribution in [-0.2, 0) is 4.79 Å². The highest BCUT2D eigenvalue weighted by molar-refractivity contribution is 7.99. The van der Waals surface area contributed by atoms with Crippen molar-refractivity contribution in [3.63, 3.8) is 0 Å². The Morgan fingerprint density at radius 3 is 2.67 bits per heavy atom. The summed E-state index contributed by atoms with van der Waals surface area (Å²) in [5, 5.41) is 0. The van der Waals surface area contributed by atoms with Crippen molar-refractivity contribution in [2.75, 3.05) is 36.0 Å². The van der Waals surface area contributed by atoms with Crippen molar-refractivity contribution in [2.24, 2.45) is 0 Å². The summed E-state index contributed by atoms with van der Waals surface area (Å²) in [6, 6.07) is 10.6. The molecule has 18 heavy (non-hydrogen) atoms. The molecule has 1 atom stereocenters. The summed E-state index contributed by atoms with van der Waals surface area (Å²) >= 11 is 2.01. The SMILES string of the molecule is O=C1CN(C2CCSC2)CCN1c1ccccc1. The van der Waals surface area contributed by atoms with Gasteiger partial charge < -0.3 is 4.90 Å². The summed E-state index contributed by atoms with van der Waals surface area (Å²) in [6.07, 6.45) is 1.24. The Balaban J connectivity index is 1.67. The van der Waals surface area contributed by atoms with Gasteiger partial charge in [-0.2, -0.15) is 11.8 Å². The molecular weight excluding hydrogens is 244 g/mol. The third kappa shape index (κ3) is 2.40. The molecule has 0 N–H and O–H groups in total. The molecule has 0 spiro atoms. The highest BCUT2D eigenvalue weighted by Gasteiger charge is 2.30. The molecule has 1 amide bonds. The number of carbonyl (C=O) groups is 1. The fourth-order valence-corrected chi connectivity index (χ4v) is 3.95. The van der Waals surface area contributed by atoms with Crippen molar-refractivity contribution in [1.82, 2.24) is 4.90 Å². The summed E-state index contributed by atoms with van der Waals surface area (Å²) < 4.78 is 0. The van der Waals surface area contributed by atoms with E-state index in [9.17, 15) is 4.79 Å². The van der Waals surface area contributed by atoms with Crippen LogP contribution in [0.3, 0.4) is 0 Å². The minimum Gasteiger partial charge on any atom is -0.310 e. The van der Waals surface area contributed by atoms with Crippen LogP contribution in [0.4, 0.5) is 5.69 Å². The van der Waals surface area contributed by atoms with Gasteiger partial charge in [-0.3, -0.25) is 9.69 Å². The second kappa shape index (κ2) is 5.33. The Labute approximate surface area is 112 Å². The number of hydrogen-bond acceptors (Lipinski definition) is 3. The van der Waals surface area contributed by atoms with Gasteiger partial charge in [0, 0.05) is 30.6 Å². The Morgan fingerprint density at radius 2 is 2.00 bits per heavy atom. The maximum atomic E-state index is 12.2. The van der Waals surface area contributed by atoms with Crippen molar-refractivity contribution in [3.8, 4) is 0 Å². The fraction of sp³-hybridized carbons (Fsp3) is 0.500. The molecule has 2 aliphatic rings. The highest BCUT2D eigenvalue weighted by atomic mass is 32.2. The number of amides is 1. The minimum absolute atomic E-state index is 0.240. The summed E-state index contributed by atoms with van der Waals surface area (Å²) in [6.45, 7) is 2.41. The molecule has 0 aromatic heterocycles. The normalized spacial score (nSPS) is 25.7. The van der Waals surface area contributed by atoms with Gasteiger partial charge in [-0.05, 0) is 24.3 Å².